The van der Waals surface area contributed by atoms with E-state index in [1.807, 2.05) is 12.1 Å². The van der Waals surface area contributed by atoms with E-state index in [4.69, 9.17) is 0 Å². The van der Waals surface area contributed by atoms with Crippen LogP contribution in [0.1, 0.15) is 15.9 Å². The molecule has 3 rings (SSSR count). The van der Waals surface area contributed by atoms with Crippen molar-refractivity contribution in [3.05, 3.63) is 59.9 Å². The van der Waals surface area contributed by atoms with Gasteiger partial charge in [0.25, 0.3) is 5.91 Å². The van der Waals surface area contributed by atoms with Crippen LogP contribution in [0.15, 0.2) is 48.8 Å². The summed E-state index contributed by atoms with van der Waals surface area (Å²) in [7, 11) is 0. The molecule has 6 heteroatoms. The molecule has 1 aliphatic rings. The van der Waals surface area contributed by atoms with E-state index in [1.54, 1.807) is 41.6 Å². The van der Waals surface area contributed by atoms with Crippen molar-refractivity contribution in [2.24, 2.45) is 0 Å². The number of carbonyl (C=O) groups excluding carboxylic acids is 2. The van der Waals surface area contributed by atoms with Gasteiger partial charge in [-0.25, -0.2) is 4.79 Å². The van der Waals surface area contributed by atoms with Gasteiger partial charge < -0.3 is 10.6 Å². The topological polar surface area (TPSA) is 74.3 Å². The van der Waals surface area contributed by atoms with Crippen LogP contribution >= 0.6 is 0 Å². The number of urea groups is 1. The van der Waals surface area contributed by atoms with Crippen LogP contribution in [-0.2, 0) is 6.54 Å². The van der Waals surface area contributed by atoms with E-state index in [2.05, 4.69) is 15.6 Å². The van der Waals surface area contributed by atoms with Crippen LogP contribution in [0.3, 0.4) is 0 Å². The minimum absolute atomic E-state index is 0.102. The summed E-state index contributed by atoms with van der Waals surface area (Å²) in [4.78, 5) is 29.3. The maximum atomic E-state index is 12.1. The summed E-state index contributed by atoms with van der Waals surface area (Å²) in [5, 5.41) is 5.60. The SMILES string of the molecule is O=C(NCc1ccncc1)c1ccc(N2CCNC2=O)cc1. The van der Waals surface area contributed by atoms with Crippen molar-refractivity contribution < 1.29 is 9.59 Å². The Morgan fingerprint density at radius 2 is 1.91 bits per heavy atom. The molecular weight excluding hydrogens is 280 g/mol. The summed E-state index contributed by atoms with van der Waals surface area (Å²) in [6, 6.07) is 10.6. The molecular formula is C16H16N4O2. The van der Waals surface area contributed by atoms with Crippen molar-refractivity contribution in [2.45, 2.75) is 6.54 Å². The lowest BCUT2D eigenvalue weighted by atomic mass is 10.1. The number of hydrogen-bond acceptors (Lipinski definition) is 3. The number of pyridine rings is 1. The standard InChI is InChI=1S/C16H16N4O2/c21-15(19-11-12-5-7-17-8-6-12)13-1-3-14(4-2-13)20-10-9-18-16(20)22/h1-8H,9-11H2,(H,18,22)(H,19,21). The fraction of sp³-hybridized carbons (Fsp3) is 0.188. The number of aromatic nitrogens is 1. The first kappa shape index (κ1) is 14.1. The van der Waals surface area contributed by atoms with Crippen molar-refractivity contribution in [3.63, 3.8) is 0 Å². The van der Waals surface area contributed by atoms with Crippen molar-refractivity contribution in [3.8, 4) is 0 Å². The average Bonchev–Trinajstić information content (AvgIpc) is 3.00. The van der Waals surface area contributed by atoms with Crippen LogP contribution < -0.4 is 15.5 Å². The highest BCUT2D eigenvalue weighted by atomic mass is 16.2. The Labute approximate surface area is 128 Å². The van der Waals surface area contributed by atoms with E-state index in [9.17, 15) is 9.59 Å². The fourth-order valence-electron chi connectivity index (χ4n) is 2.30. The third-order valence-electron chi connectivity index (χ3n) is 3.50. The summed E-state index contributed by atoms with van der Waals surface area (Å²) in [5.74, 6) is -0.144. The molecule has 0 radical (unpaired) electrons. The third kappa shape index (κ3) is 3.06. The molecule has 0 aliphatic carbocycles. The van der Waals surface area contributed by atoms with E-state index in [0.717, 1.165) is 11.3 Å². The van der Waals surface area contributed by atoms with E-state index < -0.39 is 0 Å². The molecule has 2 N–H and O–H groups in total. The number of nitrogens with one attached hydrogen (secondary N) is 2. The van der Waals surface area contributed by atoms with E-state index in [0.29, 0.717) is 25.2 Å². The average molecular weight is 296 g/mol. The molecule has 0 atom stereocenters. The Morgan fingerprint density at radius 1 is 1.18 bits per heavy atom. The van der Waals surface area contributed by atoms with Gasteiger partial charge in [0.2, 0.25) is 0 Å². The first-order valence-electron chi connectivity index (χ1n) is 7.06. The maximum absolute atomic E-state index is 12.1. The van der Waals surface area contributed by atoms with E-state index >= 15 is 0 Å². The molecule has 1 aromatic heterocycles. The van der Waals surface area contributed by atoms with Crippen LogP contribution in [0, 0.1) is 0 Å². The molecule has 2 heterocycles. The number of amides is 3. The summed E-state index contributed by atoms with van der Waals surface area (Å²) >= 11 is 0. The Morgan fingerprint density at radius 3 is 2.55 bits per heavy atom. The van der Waals surface area contributed by atoms with Crippen LogP contribution in [0.4, 0.5) is 10.5 Å². The molecule has 0 unspecified atom stereocenters. The second-order valence-electron chi connectivity index (χ2n) is 4.97. The maximum Gasteiger partial charge on any atom is 0.321 e. The first-order valence-corrected chi connectivity index (χ1v) is 7.06. The van der Waals surface area contributed by atoms with Crippen molar-refractivity contribution in [1.29, 1.82) is 0 Å². The van der Waals surface area contributed by atoms with Gasteiger partial charge in [0, 0.05) is 43.3 Å². The number of nitrogens with zero attached hydrogens (tertiary/aromatic N) is 2. The lowest BCUT2D eigenvalue weighted by molar-refractivity contribution is 0.0951. The van der Waals surface area contributed by atoms with Crippen molar-refractivity contribution in [1.82, 2.24) is 15.6 Å². The number of rotatable bonds is 4. The van der Waals surface area contributed by atoms with Crippen molar-refractivity contribution >= 4 is 17.6 Å². The zero-order valence-electron chi connectivity index (χ0n) is 12.0. The Kier molecular flexibility index (Phi) is 4.00. The highest BCUT2D eigenvalue weighted by Gasteiger charge is 2.21. The van der Waals surface area contributed by atoms with Gasteiger partial charge in [-0.2, -0.15) is 0 Å². The monoisotopic (exact) mass is 296 g/mol. The molecule has 0 spiro atoms. The van der Waals surface area contributed by atoms with Gasteiger partial charge in [-0.1, -0.05) is 0 Å². The van der Waals surface area contributed by atoms with Gasteiger partial charge in [0.15, 0.2) is 0 Å². The Balaban J connectivity index is 1.62. The minimum atomic E-state index is -0.144. The van der Waals surface area contributed by atoms with Crippen LogP contribution in [0.25, 0.3) is 0 Å². The van der Waals surface area contributed by atoms with Gasteiger partial charge >= 0.3 is 6.03 Å². The molecule has 22 heavy (non-hydrogen) atoms. The van der Waals surface area contributed by atoms with Crippen LogP contribution in [-0.4, -0.2) is 30.0 Å². The van der Waals surface area contributed by atoms with E-state index in [-0.39, 0.29) is 11.9 Å². The first-order chi connectivity index (χ1) is 10.7. The normalized spacial score (nSPS) is 13.8. The van der Waals surface area contributed by atoms with Gasteiger partial charge in [-0.05, 0) is 42.0 Å². The second-order valence-corrected chi connectivity index (χ2v) is 4.97. The highest BCUT2D eigenvalue weighted by molar-refractivity contribution is 5.96. The Bertz CT molecular complexity index is 670. The zero-order chi connectivity index (χ0) is 15.4. The summed E-state index contributed by atoms with van der Waals surface area (Å²) in [5.41, 5.74) is 2.35. The molecule has 112 valence electrons. The molecule has 0 bridgehead atoms. The predicted molar refractivity (Wildman–Crippen MR) is 82.6 cm³/mol. The largest absolute Gasteiger partial charge is 0.348 e. The predicted octanol–water partition coefficient (Wildman–Crippen LogP) is 1.54. The van der Waals surface area contributed by atoms with E-state index in [1.165, 1.54) is 0 Å². The van der Waals surface area contributed by atoms with Crippen LogP contribution in [0.5, 0.6) is 0 Å². The smallest absolute Gasteiger partial charge is 0.321 e. The molecule has 2 aromatic rings. The number of carbonyl (C=O) groups is 2. The van der Waals surface area contributed by atoms with Gasteiger partial charge in [-0.15, -0.1) is 0 Å². The minimum Gasteiger partial charge on any atom is -0.348 e. The molecule has 6 nitrogen and oxygen atoms in total. The van der Waals surface area contributed by atoms with Gasteiger partial charge in [0.1, 0.15) is 0 Å². The second kappa shape index (κ2) is 6.26. The molecule has 0 saturated carbocycles. The van der Waals surface area contributed by atoms with Crippen molar-refractivity contribution in [2.75, 3.05) is 18.0 Å². The molecule has 1 aromatic carbocycles. The summed E-state index contributed by atoms with van der Waals surface area (Å²) < 4.78 is 0. The van der Waals surface area contributed by atoms with Gasteiger partial charge in [0.05, 0.1) is 0 Å². The quantitative estimate of drug-likeness (QED) is 0.898. The number of benzene rings is 1. The molecule has 3 amide bonds. The molecule has 1 saturated heterocycles. The number of hydrogen-bond donors (Lipinski definition) is 2. The lowest BCUT2D eigenvalue weighted by Crippen LogP contribution is -2.27. The van der Waals surface area contributed by atoms with Crippen LogP contribution in [0.2, 0.25) is 0 Å². The number of anilines is 1. The molecule has 1 aliphatic heterocycles. The zero-order valence-corrected chi connectivity index (χ0v) is 12.0. The molecule has 1 fully saturated rings. The summed E-state index contributed by atoms with van der Waals surface area (Å²) in [6.07, 6.45) is 3.38. The van der Waals surface area contributed by atoms with Gasteiger partial charge in [-0.3, -0.25) is 14.7 Å². The summed E-state index contributed by atoms with van der Waals surface area (Å²) in [6.45, 7) is 1.75. The fourth-order valence-corrected chi connectivity index (χ4v) is 2.30. The third-order valence-corrected chi connectivity index (χ3v) is 3.50. The Hall–Kier alpha value is -2.89. The highest BCUT2D eigenvalue weighted by Crippen LogP contribution is 2.17. The lowest BCUT2D eigenvalue weighted by Gasteiger charge is -2.14.